The maximum Gasteiger partial charge on any atom is 0.416 e. The summed E-state index contributed by atoms with van der Waals surface area (Å²) >= 11 is 0. The van der Waals surface area contributed by atoms with E-state index in [0.29, 0.717) is 5.56 Å². The number of hydrogen-bond donors (Lipinski definition) is 0. The average molecular weight is 484 g/mol. The molecule has 2 aromatic rings. The van der Waals surface area contributed by atoms with Crippen molar-refractivity contribution >= 4 is 15.9 Å². The Morgan fingerprint density at radius 3 is 2.33 bits per heavy atom. The molecule has 1 amide bonds. The topological polar surface area (TPSA) is 79.8 Å². The third kappa shape index (κ3) is 4.62. The summed E-state index contributed by atoms with van der Waals surface area (Å²) in [7, 11) is -3.74. The number of nitrogens with zero attached hydrogens (tertiary/aromatic N) is 3. The molecule has 7 nitrogen and oxygen atoms in total. The number of carbonyl (C=O) groups is 1. The second kappa shape index (κ2) is 9.03. The van der Waals surface area contributed by atoms with Crippen LogP contribution in [0, 0.1) is 0 Å². The van der Waals surface area contributed by atoms with Crippen LogP contribution in [0.2, 0.25) is 0 Å². The minimum absolute atomic E-state index is 0.0784. The molecule has 178 valence electrons. The highest BCUT2D eigenvalue weighted by Crippen LogP contribution is 2.40. The second-order valence-electron chi connectivity index (χ2n) is 8.16. The predicted octanol–water partition coefficient (Wildman–Crippen LogP) is 2.68. The Morgan fingerprint density at radius 2 is 1.73 bits per heavy atom. The van der Waals surface area contributed by atoms with Gasteiger partial charge in [-0.3, -0.25) is 9.78 Å². The van der Waals surface area contributed by atoms with Gasteiger partial charge < -0.3 is 9.64 Å². The quantitative estimate of drug-likeness (QED) is 0.668. The average Bonchev–Trinajstić information content (AvgIpc) is 2.84. The highest BCUT2D eigenvalue weighted by Gasteiger charge is 2.46. The number of piperazine rings is 1. The summed E-state index contributed by atoms with van der Waals surface area (Å²) in [6.45, 7) is 1.02. The van der Waals surface area contributed by atoms with Crippen LogP contribution in [0.15, 0.2) is 53.7 Å². The fraction of sp³-hybridized carbons (Fsp3) is 0.455. The van der Waals surface area contributed by atoms with Gasteiger partial charge in [-0.05, 0) is 36.6 Å². The van der Waals surface area contributed by atoms with E-state index in [1.165, 1.54) is 34.9 Å². The van der Waals surface area contributed by atoms with Crippen LogP contribution in [0.25, 0.3) is 0 Å². The number of alkyl halides is 3. The van der Waals surface area contributed by atoms with Gasteiger partial charge in [0.2, 0.25) is 15.9 Å². The van der Waals surface area contributed by atoms with E-state index in [-0.39, 0.29) is 63.0 Å². The number of benzene rings is 1. The monoisotopic (exact) mass is 483 g/mol. The highest BCUT2D eigenvalue weighted by atomic mass is 32.2. The van der Waals surface area contributed by atoms with Crippen molar-refractivity contribution in [1.29, 1.82) is 0 Å². The zero-order valence-corrected chi connectivity index (χ0v) is 18.6. The van der Waals surface area contributed by atoms with Gasteiger partial charge in [0.25, 0.3) is 0 Å². The van der Waals surface area contributed by atoms with E-state index in [4.69, 9.17) is 4.74 Å². The van der Waals surface area contributed by atoms with Crippen LogP contribution in [0.4, 0.5) is 13.2 Å². The molecule has 0 unspecified atom stereocenters. The summed E-state index contributed by atoms with van der Waals surface area (Å²) in [4.78, 5) is 19.2. The van der Waals surface area contributed by atoms with Crippen LogP contribution in [0.3, 0.4) is 0 Å². The van der Waals surface area contributed by atoms with Crippen LogP contribution in [0.1, 0.15) is 24.0 Å². The van der Waals surface area contributed by atoms with E-state index < -0.39 is 27.2 Å². The molecule has 2 saturated heterocycles. The van der Waals surface area contributed by atoms with E-state index in [1.54, 1.807) is 11.0 Å². The molecule has 0 N–H and O–H groups in total. The zero-order valence-electron chi connectivity index (χ0n) is 17.8. The zero-order chi connectivity index (χ0) is 23.7. The van der Waals surface area contributed by atoms with Crippen molar-refractivity contribution in [3.8, 4) is 0 Å². The molecule has 0 spiro atoms. The number of carbonyl (C=O) groups excluding carboxylic acids is 1. The molecule has 0 radical (unpaired) electrons. The van der Waals surface area contributed by atoms with Crippen LogP contribution >= 0.6 is 0 Å². The Hall–Kier alpha value is -2.50. The maximum absolute atomic E-state index is 13.7. The minimum Gasteiger partial charge on any atom is -0.381 e. The molecule has 4 rings (SSSR count). The van der Waals surface area contributed by atoms with Crippen LogP contribution in [-0.2, 0) is 31.1 Å². The Labute approximate surface area is 190 Å². The van der Waals surface area contributed by atoms with Gasteiger partial charge in [0.05, 0.1) is 11.0 Å². The Kier molecular flexibility index (Phi) is 6.47. The number of pyridine rings is 1. The van der Waals surface area contributed by atoms with Gasteiger partial charge in [-0.15, -0.1) is 0 Å². The van der Waals surface area contributed by atoms with Crippen molar-refractivity contribution in [1.82, 2.24) is 14.2 Å². The summed E-state index contributed by atoms with van der Waals surface area (Å²) in [6.07, 6.45) is -1.23. The number of halogens is 3. The Balaban J connectivity index is 1.56. The lowest BCUT2D eigenvalue weighted by Crippen LogP contribution is -2.56. The number of aromatic nitrogens is 1. The first-order valence-corrected chi connectivity index (χ1v) is 12.0. The molecule has 1 aromatic carbocycles. The van der Waals surface area contributed by atoms with Crippen molar-refractivity contribution in [2.45, 2.75) is 29.3 Å². The maximum atomic E-state index is 13.7. The summed E-state index contributed by atoms with van der Waals surface area (Å²) in [5.41, 5.74) is -1.62. The largest absolute Gasteiger partial charge is 0.416 e. The molecule has 33 heavy (non-hydrogen) atoms. The minimum atomic E-state index is -4.52. The third-order valence-corrected chi connectivity index (χ3v) is 8.18. The van der Waals surface area contributed by atoms with Gasteiger partial charge in [-0.25, -0.2) is 8.42 Å². The molecule has 0 atom stereocenters. The summed E-state index contributed by atoms with van der Waals surface area (Å²) in [5, 5.41) is 0. The second-order valence-corrected chi connectivity index (χ2v) is 10.1. The normalized spacial score (nSPS) is 19.9. The van der Waals surface area contributed by atoms with Gasteiger partial charge in [-0.2, -0.15) is 17.5 Å². The fourth-order valence-electron chi connectivity index (χ4n) is 4.42. The fourth-order valence-corrected chi connectivity index (χ4v) is 5.81. The van der Waals surface area contributed by atoms with E-state index >= 15 is 0 Å². The first-order chi connectivity index (χ1) is 15.6. The van der Waals surface area contributed by atoms with Crippen LogP contribution in [-0.4, -0.2) is 67.9 Å². The molecule has 0 saturated carbocycles. The highest BCUT2D eigenvalue weighted by molar-refractivity contribution is 7.89. The SMILES string of the molecule is O=C(N1CCN(S(=O)(=O)c2cccnc2)CC1)C1(c2cccc(C(F)(F)F)c2)CCOCC1. The van der Waals surface area contributed by atoms with Gasteiger partial charge in [0, 0.05) is 51.8 Å². The summed E-state index contributed by atoms with van der Waals surface area (Å²) in [5.74, 6) is -0.288. The lowest BCUT2D eigenvalue weighted by molar-refractivity contribution is -0.143. The lowest BCUT2D eigenvalue weighted by Gasteiger charge is -2.43. The van der Waals surface area contributed by atoms with E-state index in [2.05, 4.69) is 4.98 Å². The van der Waals surface area contributed by atoms with Crippen LogP contribution < -0.4 is 0 Å². The van der Waals surface area contributed by atoms with Crippen molar-refractivity contribution in [2.75, 3.05) is 39.4 Å². The molecule has 2 aliphatic heterocycles. The number of hydrogen-bond acceptors (Lipinski definition) is 5. The Bertz CT molecular complexity index is 1100. The standard InChI is InChI=1S/C22H24F3N3O4S/c23-22(24,25)18-4-1-3-17(15-18)21(6-13-32-14-7-21)20(29)27-9-11-28(12-10-27)33(30,31)19-5-2-8-26-16-19/h1-5,8,15-16H,6-7,9-14H2. The predicted molar refractivity (Wildman–Crippen MR) is 113 cm³/mol. The molecule has 3 heterocycles. The van der Waals surface area contributed by atoms with E-state index in [1.807, 2.05) is 0 Å². The number of sulfonamides is 1. The molecule has 11 heteroatoms. The van der Waals surface area contributed by atoms with Crippen LogP contribution in [0.5, 0.6) is 0 Å². The van der Waals surface area contributed by atoms with Gasteiger partial charge >= 0.3 is 6.18 Å². The Morgan fingerprint density at radius 1 is 1.03 bits per heavy atom. The van der Waals surface area contributed by atoms with Crippen molar-refractivity contribution in [3.05, 3.63) is 59.9 Å². The summed E-state index contributed by atoms with van der Waals surface area (Å²) in [6, 6.07) is 7.92. The number of rotatable bonds is 4. The molecule has 2 aliphatic rings. The first kappa shape index (κ1) is 23.7. The van der Waals surface area contributed by atoms with Gasteiger partial charge in [0.15, 0.2) is 0 Å². The molecule has 0 aliphatic carbocycles. The summed E-state index contributed by atoms with van der Waals surface area (Å²) < 4.78 is 72.4. The smallest absolute Gasteiger partial charge is 0.381 e. The van der Waals surface area contributed by atoms with E-state index in [9.17, 15) is 26.4 Å². The van der Waals surface area contributed by atoms with Crippen molar-refractivity contribution < 1.29 is 31.1 Å². The lowest BCUT2D eigenvalue weighted by atomic mass is 9.72. The van der Waals surface area contributed by atoms with Gasteiger partial charge in [0.1, 0.15) is 4.90 Å². The first-order valence-electron chi connectivity index (χ1n) is 10.6. The molecule has 0 bridgehead atoms. The third-order valence-electron chi connectivity index (χ3n) is 6.30. The van der Waals surface area contributed by atoms with Crippen molar-refractivity contribution in [3.63, 3.8) is 0 Å². The molecular weight excluding hydrogens is 459 g/mol. The molecule has 1 aromatic heterocycles. The number of amides is 1. The van der Waals surface area contributed by atoms with E-state index in [0.717, 1.165) is 12.1 Å². The molecule has 2 fully saturated rings. The molecular formula is C22H24F3N3O4S. The van der Waals surface area contributed by atoms with Gasteiger partial charge in [-0.1, -0.05) is 18.2 Å². The number of ether oxygens (including phenoxy) is 1. The van der Waals surface area contributed by atoms with Crippen molar-refractivity contribution in [2.24, 2.45) is 0 Å².